The molecule has 0 bridgehead atoms. The molecule has 87 heavy (non-hydrogen) atoms. The minimum Gasteiger partial charge on any atom is -0.335 e. The van der Waals surface area contributed by atoms with E-state index in [0.717, 1.165) is 117 Å². The van der Waals surface area contributed by atoms with Gasteiger partial charge in [-0.05, 0) is 189 Å². The van der Waals surface area contributed by atoms with Crippen molar-refractivity contribution in [1.82, 2.24) is 54.4 Å². The van der Waals surface area contributed by atoms with Crippen LogP contribution in [0.5, 0.6) is 0 Å². The number of carbonyl (C=O) groups excluding carboxylic acids is 3. The Labute approximate surface area is 535 Å². The van der Waals surface area contributed by atoms with Crippen molar-refractivity contribution in [3.05, 3.63) is 221 Å². The van der Waals surface area contributed by atoms with Crippen LogP contribution in [-0.2, 0) is 48.4 Å². The highest BCUT2D eigenvalue weighted by Gasteiger charge is 2.42. The van der Waals surface area contributed by atoms with Crippen LogP contribution in [0.4, 0.5) is 16.2 Å². The number of benzene rings is 4. The molecule has 5 aliphatic rings. The van der Waals surface area contributed by atoms with Crippen molar-refractivity contribution in [1.29, 1.82) is 0 Å². The molecule has 450 valence electrons. The minimum absolute atomic E-state index is 0.0377. The van der Waals surface area contributed by atoms with Crippen molar-refractivity contribution in [3.8, 4) is 0 Å². The first-order chi connectivity index (χ1) is 42.2. The van der Waals surface area contributed by atoms with E-state index in [0.29, 0.717) is 56.5 Å². The number of aromatic nitrogens is 6. The van der Waals surface area contributed by atoms with Crippen molar-refractivity contribution < 1.29 is 14.4 Å². The fourth-order valence-corrected chi connectivity index (χ4v) is 14.4. The third kappa shape index (κ3) is 14.5. The van der Waals surface area contributed by atoms with Crippen LogP contribution in [0, 0.1) is 13.8 Å². The average molecular weight is 1340 g/mol. The summed E-state index contributed by atoms with van der Waals surface area (Å²) < 4.78 is 5.98. The first-order valence-electron chi connectivity index (χ1n) is 30.1. The number of fused-ring (bicyclic) bond motifs is 4. The van der Waals surface area contributed by atoms with Crippen LogP contribution >= 0.6 is 55.1 Å². The topological polar surface area (TPSA) is 170 Å². The number of hydrogen-bond acceptors (Lipinski definition) is 10. The zero-order valence-electron chi connectivity index (χ0n) is 48.9. The molecule has 8 aromatic rings. The molecule has 4 amide bonds. The van der Waals surface area contributed by atoms with Crippen molar-refractivity contribution in [2.24, 2.45) is 0 Å². The predicted octanol–water partition coefficient (Wildman–Crippen LogP) is 12.1. The number of aryl methyl sites for hydroxylation is 6. The second-order valence-electron chi connectivity index (χ2n) is 23.6. The van der Waals surface area contributed by atoms with Gasteiger partial charge in [0.05, 0.1) is 53.6 Å². The molecule has 0 radical (unpaired) electrons. The average Bonchev–Trinajstić information content (AvgIpc) is 2.21. The van der Waals surface area contributed by atoms with Crippen molar-refractivity contribution in [3.63, 3.8) is 0 Å². The Morgan fingerprint density at radius 2 is 1.13 bits per heavy atom. The summed E-state index contributed by atoms with van der Waals surface area (Å²) in [7, 11) is 0. The summed E-state index contributed by atoms with van der Waals surface area (Å²) in [4.78, 5) is 66.6. The van der Waals surface area contributed by atoms with Gasteiger partial charge in [0.2, 0.25) is 11.8 Å². The van der Waals surface area contributed by atoms with Crippen molar-refractivity contribution in [2.75, 3.05) is 49.9 Å². The molecule has 2 unspecified atom stereocenters. The van der Waals surface area contributed by atoms with E-state index in [9.17, 15) is 14.4 Å². The normalized spacial score (nSPS) is 19.6. The van der Waals surface area contributed by atoms with Gasteiger partial charge in [-0.3, -0.25) is 29.4 Å². The molecule has 3 aliphatic carbocycles. The van der Waals surface area contributed by atoms with Gasteiger partial charge in [0, 0.05) is 114 Å². The molecule has 2 saturated heterocycles. The van der Waals surface area contributed by atoms with Gasteiger partial charge in [-0.15, -0.1) is 0 Å². The number of urea groups is 1. The highest BCUT2D eigenvalue weighted by Crippen LogP contribution is 2.41. The monoisotopic (exact) mass is 1330 g/mol. The fourth-order valence-electron chi connectivity index (χ4n) is 13.2. The van der Waals surface area contributed by atoms with Crippen LogP contribution in [0.3, 0.4) is 0 Å². The number of nitrogens with zero attached hydrogens (tertiary/aromatic N) is 9. The van der Waals surface area contributed by atoms with Crippen molar-refractivity contribution in [2.45, 2.75) is 115 Å². The van der Waals surface area contributed by atoms with Gasteiger partial charge in [0.15, 0.2) is 0 Å². The minimum atomic E-state index is -0.708. The zero-order valence-corrected chi connectivity index (χ0v) is 53.6. The number of anilines is 2. The highest BCUT2D eigenvalue weighted by molar-refractivity contribution is 9.10. The molecule has 6 heterocycles. The summed E-state index contributed by atoms with van der Waals surface area (Å²) in [6, 6.07) is 31.2. The lowest BCUT2D eigenvalue weighted by molar-refractivity contribution is -0.122. The van der Waals surface area contributed by atoms with E-state index in [1.54, 1.807) is 4.90 Å². The van der Waals surface area contributed by atoms with E-state index < -0.39 is 6.04 Å². The van der Waals surface area contributed by atoms with Gasteiger partial charge in [-0.25, -0.2) is 14.8 Å². The number of rotatable bonds is 11. The van der Waals surface area contributed by atoms with Crippen LogP contribution in [0.1, 0.15) is 111 Å². The number of imidazole rings is 2. The third-order valence-electron chi connectivity index (χ3n) is 17.4. The standard InChI is InChI=1S/C37H41BrClN7O2.C30H30BrClN6O/c1-24-20-44(23-41-24)21-25-6-5-9-31(16-25)42-36(47)33-22-45(14-15-46(33)37(48)43-30-7-3-2-4-8-30)35-32-13-12-29(39)18-26(32)10-11-27-17-28(38)19-40-34(27)35;1-19-15-37(18-35-19)16-20-3-2-4-25(11-20)36-30(39)27-17-38(10-9-33-27)29-26-8-7-24(32)13-21(26)5-6-22-12-23(31)14-34-28(22)29/h5-6,9,12-13,16-20,23,30,33,35H,2-4,7-8,10-11,14-15,21-22H2,1H3,(H,42,47)(H,43,48);2-4,7-8,11-15,18,27,29,33H,5-6,9-10,16-17H2,1H3,(H,36,39)/t33?,35-;27?,29-/m11/s1. The molecular formula is C67H71Br2Cl2N13O3. The van der Waals surface area contributed by atoms with E-state index in [1.165, 1.54) is 34.2 Å². The lowest BCUT2D eigenvalue weighted by Crippen LogP contribution is -2.62. The van der Waals surface area contributed by atoms with E-state index in [-0.39, 0.29) is 42.0 Å². The Balaban J connectivity index is 0.000000173. The fraction of sp³-hybridized carbons (Fsp3) is 0.358. The summed E-state index contributed by atoms with van der Waals surface area (Å²) in [6.45, 7) is 8.77. The van der Waals surface area contributed by atoms with Gasteiger partial charge in [0.1, 0.15) is 6.04 Å². The van der Waals surface area contributed by atoms with Gasteiger partial charge in [0.25, 0.3) is 0 Å². The molecule has 20 heteroatoms. The number of nitrogens with one attached hydrogen (secondary N) is 4. The largest absolute Gasteiger partial charge is 0.335 e. The summed E-state index contributed by atoms with van der Waals surface area (Å²) in [5.41, 5.74) is 14.8. The molecule has 1 saturated carbocycles. The molecule has 2 aliphatic heterocycles. The Bertz CT molecular complexity index is 3710. The number of hydrogen-bond donors (Lipinski definition) is 4. The lowest BCUT2D eigenvalue weighted by atomic mass is 9.94. The van der Waals surface area contributed by atoms with Gasteiger partial charge >= 0.3 is 6.03 Å². The molecule has 3 fully saturated rings. The number of piperazine rings is 2. The Hall–Kier alpha value is -6.77. The van der Waals surface area contributed by atoms with Gasteiger partial charge in [-0.2, -0.15) is 0 Å². The summed E-state index contributed by atoms with van der Waals surface area (Å²) in [5.74, 6) is -0.243. The van der Waals surface area contributed by atoms with E-state index in [2.05, 4.69) is 115 Å². The predicted molar refractivity (Wildman–Crippen MR) is 348 cm³/mol. The maximum atomic E-state index is 14.3. The number of pyridine rings is 2. The molecule has 16 nitrogen and oxygen atoms in total. The van der Waals surface area contributed by atoms with Crippen LogP contribution in [0.25, 0.3) is 0 Å². The van der Waals surface area contributed by atoms with Crippen LogP contribution in [0.2, 0.25) is 10.0 Å². The Morgan fingerprint density at radius 1 is 0.598 bits per heavy atom. The molecule has 4 aromatic carbocycles. The van der Waals surface area contributed by atoms with Crippen LogP contribution in [-0.4, -0.2) is 119 Å². The molecule has 4 N–H and O–H groups in total. The second kappa shape index (κ2) is 27.3. The van der Waals surface area contributed by atoms with E-state index in [4.69, 9.17) is 33.2 Å². The number of carbonyl (C=O) groups is 3. The van der Waals surface area contributed by atoms with Crippen LogP contribution < -0.4 is 21.3 Å². The van der Waals surface area contributed by atoms with E-state index >= 15 is 0 Å². The molecule has 0 spiro atoms. The van der Waals surface area contributed by atoms with Gasteiger partial charge in [-0.1, -0.05) is 78.9 Å². The maximum Gasteiger partial charge on any atom is 0.318 e. The Kier molecular flexibility index (Phi) is 19.0. The van der Waals surface area contributed by atoms with E-state index in [1.807, 2.05) is 115 Å². The maximum absolute atomic E-state index is 14.3. The summed E-state index contributed by atoms with van der Waals surface area (Å²) in [6.07, 6.45) is 20.3. The molecule has 4 atom stereocenters. The molecule has 13 rings (SSSR count). The zero-order chi connectivity index (χ0) is 60.1. The lowest BCUT2D eigenvalue weighted by Gasteiger charge is -2.44. The number of halogens is 4. The van der Waals surface area contributed by atoms with Gasteiger partial charge < -0.3 is 35.3 Å². The smallest absolute Gasteiger partial charge is 0.318 e. The third-order valence-corrected chi connectivity index (χ3v) is 18.7. The second-order valence-corrected chi connectivity index (χ2v) is 26.3. The quantitative estimate of drug-likeness (QED) is 0.0977. The summed E-state index contributed by atoms with van der Waals surface area (Å²) in [5, 5.41) is 14.5. The van der Waals surface area contributed by atoms with Crippen molar-refractivity contribution >= 4 is 84.3 Å². The van der Waals surface area contributed by atoms with Crippen LogP contribution in [0.15, 0.2) is 143 Å². The molecule has 4 aromatic heterocycles. The first kappa shape index (κ1) is 60.5. The highest BCUT2D eigenvalue weighted by atomic mass is 79.9. The SMILES string of the molecule is Cc1cn(Cc2cccc(NC(=O)C3CN([C@@H]4c5ccc(Cl)cc5CCc5cc(Br)cnc54)CCN3)c2)cn1.Cc1cn(Cc2cccc(NC(=O)C3CN([C@@H]4c5ccc(Cl)cc5CCc5cc(Br)cnc54)CCN3C(=O)NC3CCCCC3)c2)cn1. The molecular weight excluding hydrogens is 1270 g/mol. The Morgan fingerprint density at radius 3 is 1.67 bits per heavy atom. The first-order valence-corrected chi connectivity index (χ1v) is 32.5. The summed E-state index contributed by atoms with van der Waals surface area (Å²) >= 11 is 20.1. The number of amides is 4.